The average molecular weight is 436 g/mol. The normalized spacial score (nSPS) is 18.4. The van der Waals surface area contributed by atoms with E-state index >= 15 is 0 Å². The summed E-state index contributed by atoms with van der Waals surface area (Å²) in [7, 11) is 0. The summed E-state index contributed by atoms with van der Waals surface area (Å²) >= 11 is 12.3. The molecule has 6 nitrogen and oxygen atoms in total. The number of carbonyl (C=O) groups is 2. The summed E-state index contributed by atoms with van der Waals surface area (Å²) in [6.45, 7) is 0.183. The van der Waals surface area contributed by atoms with Crippen molar-refractivity contribution in [3.05, 3.63) is 75.3 Å². The number of aliphatic hydroxyl groups excluding tert-OH is 2. The van der Waals surface area contributed by atoms with Gasteiger partial charge in [0.25, 0.3) is 11.7 Å². The van der Waals surface area contributed by atoms with E-state index in [1.54, 1.807) is 48.5 Å². The zero-order chi connectivity index (χ0) is 21.0. The molecule has 0 aromatic heterocycles. The van der Waals surface area contributed by atoms with Gasteiger partial charge in [-0.25, -0.2) is 0 Å². The molecule has 1 unspecified atom stereocenters. The van der Waals surface area contributed by atoms with Gasteiger partial charge in [-0.05, 0) is 35.9 Å². The van der Waals surface area contributed by atoms with Crippen LogP contribution in [0.4, 0.5) is 0 Å². The van der Waals surface area contributed by atoms with Crippen LogP contribution in [0, 0.1) is 0 Å². The van der Waals surface area contributed by atoms with Crippen LogP contribution in [-0.4, -0.2) is 53.2 Å². The van der Waals surface area contributed by atoms with Crippen molar-refractivity contribution in [2.75, 3.05) is 26.4 Å². The van der Waals surface area contributed by atoms with Crippen LogP contribution >= 0.6 is 23.2 Å². The van der Waals surface area contributed by atoms with Crippen molar-refractivity contribution in [2.45, 2.75) is 6.04 Å². The van der Waals surface area contributed by atoms with E-state index < -0.39 is 17.7 Å². The molecule has 0 aliphatic carbocycles. The first kappa shape index (κ1) is 21.3. The molecule has 0 saturated carbocycles. The van der Waals surface area contributed by atoms with Crippen molar-refractivity contribution in [3.63, 3.8) is 0 Å². The van der Waals surface area contributed by atoms with Crippen LogP contribution in [0.25, 0.3) is 5.76 Å². The van der Waals surface area contributed by atoms with Gasteiger partial charge in [0, 0.05) is 22.2 Å². The predicted octanol–water partition coefficient (Wildman–Crippen LogP) is 3.42. The molecular formula is C21H19Cl2NO5. The number of amides is 1. The number of ether oxygens (including phenoxy) is 1. The molecule has 2 N–H and O–H groups in total. The third kappa shape index (κ3) is 4.46. The first-order valence-corrected chi connectivity index (χ1v) is 9.68. The molecule has 3 rings (SSSR count). The lowest BCUT2D eigenvalue weighted by Gasteiger charge is -2.26. The van der Waals surface area contributed by atoms with Gasteiger partial charge in [-0.3, -0.25) is 9.59 Å². The number of ketones is 1. The molecule has 0 bridgehead atoms. The van der Waals surface area contributed by atoms with E-state index in [2.05, 4.69) is 0 Å². The molecule has 152 valence electrons. The number of hydrogen-bond donors (Lipinski definition) is 2. The minimum Gasteiger partial charge on any atom is -0.507 e. The van der Waals surface area contributed by atoms with E-state index in [0.717, 1.165) is 0 Å². The Morgan fingerprint density at radius 2 is 1.72 bits per heavy atom. The van der Waals surface area contributed by atoms with Gasteiger partial charge in [-0.15, -0.1) is 0 Å². The molecule has 1 aliphatic rings. The molecule has 0 radical (unpaired) electrons. The number of benzene rings is 2. The molecule has 1 atom stereocenters. The fraction of sp³-hybridized carbons (Fsp3) is 0.238. The van der Waals surface area contributed by atoms with E-state index in [9.17, 15) is 14.7 Å². The van der Waals surface area contributed by atoms with Gasteiger partial charge in [0.1, 0.15) is 5.76 Å². The van der Waals surface area contributed by atoms with E-state index in [1.165, 1.54) is 4.90 Å². The van der Waals surface area contributed by atoms with E-state index in [-0.39, 0.29) is 37.7 Å². The van der Waals surface area contributed by atoms with Crippen molar-refractivity contribution in [3.8, 4) is 0 Å². The van der Waals surface area contributed by atoms with Gasteiger partial charge < -0.3 is 19.8 Å². The fourth-order valence-corrected chi connectivity index (χ4v) is 3.59. The lowest BCUT2D eigenvalue weighted by Crippen LogP contribution is -2.33. The highest BCUT2D eigenvalue weighted by molar-refractivity contribution is 6.47. The molecule has 1 amide bonds. The second-order valence-corrected chi connectivity index (χ2v) is 7.20. The highest BCUT2D eigenvalue weighted by Crippen LogP contribution is 2.41. The standard InChI is InChI=1S/C21H19Cl2NO5/c22-14-7-5-13(6-8-14)19(26)17-18(15-3-1-2-4-16(15)23)24(21(28)20(17)27)9-11-29-12-10-25/h1-8,18,25-26H,9-12H2/b19-17+. The molecule has 2 aromatic rings. The molecule has 0 spiro atoms. The highest BCUT2D eigenvalue weighted by Gasteiger charge is 2.46. The summed E-state index contributed by atoms with van der Waals surface area (Å²) in [4.78, 5) is 26.9. The van der Waals surface area contributed by atoms with Crippen LogP contribution in [0.5, 0.6) is 0 Å². The molecular weight excluding hydrogens is 417 g/mol. The van der Waals surface area contributed by atoms with Gasteiger partial charge in [0.05, 0.1) is 31.4 Å². The Hall–Kier alpha value is -2.38. The lowest BCUT2D eigenvalue weighted by molar-refractivity contribution is -0.140. The summed E-state index contributed by atoms with van der Waals surface area (Å²) in [5, 5.41) is 20.6. The smallest absolute Gasteiger partial charge is 0.295 e. The van der Waals surface area contributed by atoms with Crippen LogP contribution in [0.2, 0.25) is 10.0 Å². The first-order valence-electron chi connectivity index (χ1n) is 8.93. The van der Waals surface area contributed by atoms with Crippen molar-refractivity contribution >= 4 is 40.7 Å². The van der Waals surface area contributed by atoms with Crippen LogP contribution < -0.4 is 0 Å². The van der Waals surface area contributed by atoms with Crippen molar-refractivity contribution in [1.82, 2.24) is 4.90 Å². The molecule has 8 heteroatoms. The second kappa shape index (κ2) is 9.41. The van der Waals surface area contributed by atoms with Crippen LogP contribution in [0.1, 0.15) is 17.2 Å². The molecule has 1 heterocycles. The van der Waals surface area contributed by atoms with Gasteiger partial charge in [0.2, 0.25) is 0 Å². The SMILES string of the molecule is O=C1C(=O)N(CCOCCO)C(c2ccccc2Cl)/C1=C(\O)c1ccc(Cl)cc1. The van der Waals surface area contributed by atoms with E-state index in [1.807, 2.05) is 0 Å². The number of carbonyl (C=O) groups excluding carboxylic acids is 2. The van der Waals surface area contributed by atoms with Crippen molar-refractivity contribution in [2.24, 2.45) is 0 Å². The predicted molar refractivity (Wildman–Crippen MR) is 110 cm³/mol. The summed E-state index contributed by atoms with van der Waals surface area (Å²) < 4.78 is 5.25. The molecule has 29 heavy (non-hydrogen) atoms. The maximum absolute atomic E-state index is 12.8. The fourth-order valence-electron chi connectivity index (χ4n) is 3.22. The van der Waals surface area contributed by atoms with Crippen LogP contribution in [0.3, 0.4) is 0 Å². The largest absolute Gasteiger partial charge is 0.507 e. The minimum absolute atomic E-state index is 0.0485. The Morgan fingerprint density at radius 3 is 2.38 bits per heavy atom. The summed E-state index contributed by atoms with van der Waals surface area (Å²) in [5.41, 5.74) is 0.833. The van der Waals surface area contributed by atoms with Gasteiger partial charge in [-0.2, -0.15) is 0 Å². The Labute approximate surface area is 177 Å². The van der Waals surface area contributed by atoms with E-state index in [0.29, 0.717) is 21.2 Å². The third-order valence-electron chi connectivity index (χ3n) is 4.57. The maximum Gasteiger partial charge on any atom is 0.295 e. The number of aliphatic hydroxyl groups is 2. The topological polar surface area (TPSA) is 87.1 Å². The zero-order valence-corrected chi connectivity index (χ0v) is 16.9. The third-order valence-corrected chi connectivity index (χ3v) is 5.17. The van der Waals surface area contributed by atoms with Gasteiger partial charge in [-0.1, -0.05) is 41.4 Å². The first-order chi connectivity index (χ1) is 14.0. The molecule has 2 aromatic carbocycles. The van der Waals surface area contributed by atoms with Gasteiger partial charge >= 0.3 is 0 Å². The number of halogens is 2. The van der Waals surface area contributed by atoms with Crippen molar-refractivity contribution < 1.29 is 24.5 Å². The average Bonchev–Trinajstić information content (AvgIpc) is 2.96. The summed E-state index contributed by atoms with van der Waals surface area (Å²) in [6, 6.07) is 12.3. The Bertz CT molecular complexity index is 942. The molecule has 1 saturated heterocycles. The number of nitrogens with zero attached hydrogens (tertiary/aromatic N) is 1. The quantitative estimate of drug-likeness (QED) is 0.301. The van der Waals surface area contributed by atoms with Crippen LogP contribution in [0.15, 0.2) is 54.1 Å². The lowest BCUT2D eigenvalue weighted by atomic mass is 9.95. The summed E-state index contributed by atoms with van der Waals surface area (Å²) in [6.07, 6.45) is 0. The minimum atomic E-state index is -0.864. The number of hydrogen-bond acceptors (Lipinski definition) is 5. The number of likely N-dealkylation sites (tertiary alicyclic amines) is 1. The number of rotatable bonds is 7. The Balaban J connectivity index is 2.08. The monoisotopic (exact) mass is 435 g/mol. The maximum atomic E-state index is 12.8. The molecule has 1 fully saturated rings. The second-order valence-electron chi connectivity index (χ2n) is 6.36. The zero-order valence-electron chi connectivity index (χ0n) is 15.3. The Morgan fingerprint density at radius 1 is 1.03 bits per heavy atom. The Kier molecular flexibility index (Phi) is 6.92. The van der Waals surface area contributed by atoms with Crippen LogP contribution in [-0.2, 0) is 14.3 Å². The number of Topliss-reactive ketones (excluding diaryl/α,β-unsaturated/α-hetero) is 1. The summed E-state index contributed by atoms with van der Waals surface area (Å²) in [5.74, 6) is -1.86. The highest BCUT2D eigenvalue weighted by atomic mass is 35.5. The van der Waals surface area contributed by atoms with Gasteiger partial charge in [0.15, 0.2) is 0 Å². The van der Waals surface area contributed by atoms with E-state index in [4.69, 9.17) is 33.0 Å². The molecule has 1 aliphatic heterocycles. The van der Waals surface area contributed by atoms with Crippen molar-refractivity contribution in [1.29, 1.82) is 0 Å².